The number of thiocarbonyl (C=S) groups is 1. The van der Waals surface area contributed by atoms with Crippen LogP contribution in [-0.2, 0) is 9.59 Å². The van der Waals surface area contributed by atoms with Gasteiger partial charge in [-0.3, -0.25) is 19.4 Å². The predicted octanol–water partition coefficient (Wildman–Crippen LogP) is 5.74. The molecule has 2 aliphatic heterocycles. The maximum atomic E-state index is 13.7. The zero-order chi connectivity index (χ0) is 26.1. The first-order valence-electron chi connectivity index (χ1n) is 11.2. The van der Waals surface area contributed by atoms with Crippen molar-refractivity contribution in [2.75, 3.05) is 32.8 Å². The van der Waals surface area contributed by atoms with Crippen molar-refractivity contribution in [2.24, 2.45) is 0 Å². The minimum atomic E-state index is -0.329. The van der Waals surface area contributed by atoms with Crippen LogP contribution in [-0.4, -0.2) is 48.9 Å². The number of ether oxygens (including phenoxy) is 3. The number of fused-ring (bicyclic) bond motifs is 2. The normalized spacial score (nSPS) is 15.5. The standard InChI is InChI=1S/C27H22N2O5S3/c1-32-19-12-16(13-20(33-2)25(19)34-3)14-23-26(31)28(27(35)37-23)15-24(30)29-17-8-4-6-10-21(17)36-22-11-7-5-9-18(22)29/h4-14H,15H2,1-3H3/b23-14+. The van der Waals surface area contributed by atoms with Gasteiger partial charge in [0.15, 0.2) is 11.5 Å². The highest BCUT2D eigenvalue weighted by Gasteiger charge is 2.36. The second-order valence-electron chi connectivity index (χ2n) is 7.99. The van der Waals surface area contributed by atoms with E-state index < -0.39 is 0 Å². The first kappa shape index (κ1) is 25.2. The lowest BCUT2D eigenvalue weighted by Crippen LogP contribution is -2.41. The van der Waals surface area contributed by atoms with Crippen molar-refractivity contribution >= 4 is 69.3 Å². The van der Waals surface area contributed by atoms with Crippen LogP contribution in [0.5, 0.6) is 17.2 Å². The lowest BCUT2D eigenvalue weighted by Gasteiger charge is -2.32. The molecule has 37 heavy (non-hydrogen) atoms. The van der Waals surface area contributed by atoms with Gasteiger partial charge in [0.2, 0.25) is 5.75 Å². The van der Waals surface area contributed by atoms with Gasteiger partial charge in [-0.2, -0.15) is 0 Å². The molecule has 1 saturated heterocycles. The fourth-order valence-electron chi connectivity index (χ4n) is 4.15. The number of carbonyl (C=O) groups is 2. The first-order chi connectivity index (χ1) is 17.9. The largest absolute Gasteiger partial charge is 0.493 e. The lowest BCUT2D eigenvalue weighted by atomic mass is 10.1. The third-order valence-corrected chi connectivity index (χ3v) is 8.34. The van der Waals surface area contributed by atoms with Gasteiger partial charge < -0.3 is 14.2 Å². The van der Waals surface area contributed by atoms with Crippen molar-refractivity contribution in [1.82, 2.24) is 4.90 Å². The van der Waals surface area contributed by atoms with E-state index in [0.29, 0.717) is 32.0 Å². The average molecular weight is 551 g/mol. The number of amides is 2. The molecule has 0 spiro atoms. The molecule has 0 radical (unpaired) electrons. The molecule has 2 aliphatic rings. The highest BCUT2D eigenvalue weighted by Crippen LogP contribution is 2.48. The van der Waals surface area contributed by atoms with Crippen LogP contribution in [0.1, 0.15) is 5.56 Å². The highest BCUT2D eigenvalue weighted by atomic mass is 32.2. The third-order valence-electron chi connectivity index (χ3n) is 5.83. The van der Waals surface area contributed by atoms with E-state index in [9.17, 15) is 9.59 Å². The smallest absolute Gasteiger partial charge is 0.266 e. The van der Waals surface area contributed by atoms with E-state index in [1.165, 1.54) is 26.2 Å². The summed E-state index contributed by atoms with van der Waals surface area (Å²) in [6, 6.07) is 19.0. The van der Waals surface area contributed by atoms with E-state index in [1.807, 2.05) is 48.5 Å². The predicted molar refractivity (Wildman–Crippen MR) is 150 cm³/mol. The van der Waals surface area contributed by atoms with Gasteiger partial charge in [0.05, 0.1) is 37.6 Å². The summed E-state index contributed by atoms with van der Waals surface area (Å²) in [5.41, 5.74) is 2.25. The first-order valence-corrected chi connectivity index (χ1v) is 13.2. The number of carbonyl (C=O) groups excluding carboxylic acids is 2. The number of nitrogens with zero attached hydrogens (tertiary/aromatic N) is 2. The number of para-hydroxylation sites is 2. The zero-order valence-electron chi connectivity index (χ0n) is 20.2. The summed E-state index contributed by atoms with van der Waals surface area (Å²) in [6.45, 7) is -0.176. The Hall–Kier alpha value is -3.47. The fourth-order valence-corrected chi connectivity index (χ4v) is 6.46. The minimum absolute atomic E-state index is 0.176. The molecule has 0 aliphatic carbocycles. The molecule has 1 fully saturated rings. The molecular weight excluding hydrogens is 529 g/mol. The van der Waals surface area contributed by atoms with Crippen molar-refractivity contribution in [3.8, 4) is 17.2 Å². The number of anilines is 2. The van der Waals surface area contributed by atoms with Gasteiger partial charge in [-0.05, 0) is 48.0 Å². The van der Waals surface area contributed by atoms with Crippen molar-refractivity contribution in [2.45, 2.75) is 9.79 Å². The number of methoxy groups -OCH3 is 3. The topological polar surface area (TPSA) is 68.3 Å². The summed E-state index contributed by atoms with van der Waals surface area (Å²) in [6.07, 6.45) is 1.70. The van der Waals surface area contributed by atoms with Gasteiger partial charge in [-0.25, -0.2) is 0 Å². The Morgan fingerprint density at radius 3 is 2.00 bits per heavy atom. The molecule has 0 unspecified atom stereocenters. The molecule has 2 heterocycles. The number of hydrogen-bond donors (Lipinski definition) is 0. The van der Waals surface area contributed by atoms with Gasteiger partial charge in [0.25, 0.3) is 11.8 Å². The van der Waals surface area contributed by atoms with E-state index in [1.54, 1.807) is 34.9 Å². The van der Waals surface area contributed by atoms with Crippen LogP contribution in [0.4, 0.5) is 11.4 Å². The molecule has 0 bridgehead atoms. The van der Waals surface area contributed by atoms with Crippen molar-refractivity contribution in [3.05, 3.63) is 71.1 Å². The van der Waals surface area contributed by atoms with Crippen LogP contribution < -0.4 is 19.1 Å². The lowest BCUT2D eigenvalue weighted by molar-refractivity contribution is -0.127. The van der Waals surface area contributed by atoms with Crippen LogP contribution in [0.25, 0.3) is 6.08 Å². The highest BCUT2D eigenvalue weighted by molar-refractivity contribution is 8.26. The van der Waals surface area contributed by atoms with E-state index in [-0.39, 0.29) is 18.4 Å². The number of benzene rings is 3. The van der Waals surface area contributed by atoms with Crippen LogP contribution in [0.15, 0.2) is 75.4 Å². The van der Waals surface area contributed by atoms with E-state index in [4.69, 9.17) is 26.4 Å². The second-order valence-corrected chi connectivity index (χ2v) is 10.8. The maximum Gasteiger partial charge on any atom is 0.266 e. The second kappa shape index (κ2) is 10.5. The quantitative estimate of drug-likeness (QED) is 0.284. The molecule has 10 heteroatoms. The number of thioether (sulfide) groups is 1. The summed E-state index contributed by atoms with van der Waals surface area (Å²) in [5, 5.41) is 0. The SMILES string of the molecule is COc1cc(/C=C2/SC(=S)N(CC(=O)N3c4ccccc4Sc4ccccc43)C2=O)cc(OC)c1OC. The monoisotopic (exact) mass is 550 g/mol. The molecule has 5 rings (SSSR count). The third kappa shape index (κ3) is 4.68. The molecule has 0 aromatic heterocycles. The molecule has 3 aromatic carbocycles. The Morgan fingerprint density at radius 1 is 0.892 bits per heavy atom. The van der Waals surface area contributed by atoms with Gasteiger partial charge >= 0.3 is 0 Å². The summed E-state index contributed by atoms with van der Waals surface area (Å²) in [7, 11) is 4.59. The number of hydrogen-bond acceptors (Lipinski definition) is 8. The van der Waals surface area contributed by atoms with Crippen LogP contribution >= 0.6 is 35.7 Å². The van der Waals surface area contributed by atoms with Gasteiger partial charge in [-0.1, -0.05) is 60.0 Å². The Morgan fingerprint density at radius 2 is 1.46 bits per heavy atom. The molecule has 188 valence electrons. The Labute approximate surface area is 228 Å². The Bertz CT molecular complexity index is 1380. The summed E-state index contributed by atoms with van der Waals surface area (Å²) < 4.78 is 16.5. The van der Waals surface area contributed by atoms with E-state index in [0.717, 1.165) is 32.9 Å². The van der Waals surface area contributed by atoms with Crippen molar-refractivity contribution in [1.29, 1.82) is 0 Å². The van der Waals surface area contributed by atoms with Crippen molar-refractivity contribution in [3.63, 3.8) is 0 Å². The van der Waals surface area contributed by atoms with E-state index in [2.05, 4.69) is 0 Å². The summed E-state index contributed by atoms with van der Waals surface area (Å²) >= 11 is 8.28. The molecule has 2 amide bonds. The number of rotatable bonds is 6. The van der Waals surface area contributed by atoms with Gasteiger partial charge in [0.1, 0.15) is 10.9 Å². The van der Waals surface area contributed by atoms with Gasteiger partial charge in [0, 0.05) is 9.79 Å². The Balaban J connectivity index is 1.43. The maximum absolute atomic E-state index is 13.7. The fraction of sp³-hybridized carbons (Fsp3) is 0.148. The average Bonchev–Trinajstić information content (AvgIpc) is 3.17. The molecule has 0 N–H and O–H groups in total. The summed E-state index contributed by atoms with van der Waals surface area (Å²) in [4.78, 5) is 32.4. The molecule has 0 atom stereocenters. The zero-order valence-corrected chi connectivity index (χ0v) is 22.7. The van der Waals surface area contributed by atoms with Crippen LogP contribution in [0.3, 0.4) is 0 Å². The molecule has 7 nitrogen and oxygen atoms in total. The summed E-state index contributed by atoms with van der Waals surface area (Å²) in [5.74, 6) is 0.828. The molecule has 3 aromatic rings. The van der Waals surface area contributed by atoms with Crippen molar-refractivity contribution < 1.29 is 23.8 Å². The Kier molecular flexibility index (Phi) is 7.14. The minimum Gasteiger partial charge on any atom is -0.493 e. The van der Waals surface area contributed by atoms with Gasteiger partial charge in [-0.15, -0.1) is 0 Å². The molecular formula is C27H22N2O5S3. The molecule has 0 saturated carbocycles. The van der Waals surface area contributed by atoms with Crippen LogP contribution in [0.2, 0.25) is 0 Å². The van der Waals surface area contributed by atoms with E-state index >= 15 is 0 Å². The van der Waals surface area contributed by atoms with Crippen LogP contribution in [0, 0.1) is 0 Å².